The quantitative estimate of drug-likeness (QED) is 0.851. The molecule has 0 bridgehead atoms. The SMILES string of the molecule is Cc1cccc(C2=NN(C(=O)N(C)C)C(CCCN)(c3ccccc3)S2)c1. The van der Waals surface area contributed by atoms with E-state index in [2.05, 4.69) is 31.2 Å². The fraction of sp³-hybridized carbons (Fsp3) is 0.333. The predicted molar refractivity (Wildman–Crippen MR) is 113 cm³/mol. The Morgan fingerprint density at radius 1 is 1.19 bits per heavy atom. The van der Waals surface area contributed by atoms with Crippen molar-refractivity contribution in [2.75, 3.05) is 20.6 Å². The number of benzene rings is 2. The highest BCUT2D eigenvalue weighted by atomic mass is 32.2. The number of carbonyl (C=O) groups excluding carboxylic acids is 1. The van der Waals surface area contributed by atoms with Gasteiger partial charge in [-0.1, -0.05) is 65.9 Å². The van der Waals surface area contributed by atoms with E-state index in [9.17, 15) is 4.79 Å². The van der Waals surface area contributed by atoms with Crippen molar-refractivity contribution in [3.8, 4) is 0 Å². The summed E-state index contributed by atoms with van der Waals surface area (Å²) in [6, 6.07) is 18.2. The van der Waals surface area contributed by atoms with E-state index in [1.165, 1.54) is 5.56 Å². The van der Waals surface area contributed by atoms with Crippen LogP contribution < -0.4 is 5.73 Å². The van der Waals surface area contributed by atoms with Crippen molar-refractivity contribution in [3.63, 3.8) is 0 Å². The Balaban J connectivity index is 2.11. The van der Waals surface area contributed by atoms with Gasteiger partial charge in [-0.05, 0) is 37.9 Å². The molecule has 0 saturated carbocycles. The lowest BCUT2D eigenvalue weighted by Crippen LogP contribution is -2.46. The summed E-state index contributed by atoms with van der Waals surface area (Å²) in [6.45, 7) is 2.63. The van der Waals surface area contributed by atoms with Gasteiger partial charge in [-0.15, -0.1) is 0 Å². The lowest BCUT2D eigenvalue weighted by Gasteiger charge is -2.37. The summed E-state index contributed by atoms with van der Waals surface area (Å²) < 4.78 is 0. The molecule has 142 valence electrons. The summed E-state index contributed by atoms with van der Waals surface area (Å²) in [5.74, 6) is 0. The van der Waals surface area contributed by atoms with Crippen LogP contribution in [0.2, 0.25) is 0 Å². The number of thioether (sulfide) groups is 1. The highest BCUT2D eigenvalue weighted by Crippen LogP contribution is 2.50. The molecule has 0 aliphatic carbocycles. The maximum absolute atomic E-state index is 13.0. The molecular weight excluding hydrogens is 356 g/mol. The number of amides is 2. The van der Waals surface area contributed by atoms with Crippen LogP contribution in [0.3, 0.4) is 0 Å². The van der Waals surface area contributed by atoms with Crippen molar-refractivity contribution in [1.82, 2.24) is 9.91 Å². The fourth-order valence-electron chi connectivity index (χ4n) is 3.20. The minimum Gasteiger partial charge on any atom is -0.330 e. The van der Waals surface area contributed by atoms with Crippen molar-refractivity contribution in [2.24, 2.45) is 10.8 Å². The topological polar surface area (TPSA) is 61.9 Å². The molecule has 0 radical (unpaired) electrons. The van der Waals surface area contributed by atoms with Crippen LogP contribution in [0.25, 0.3) is 0 Å². The number of hydrazone groups is 1. The number of rotatable bonds is 5. The third-order valence-corrected chi connectivity index (χ3v) is 6.03. The average Bonchev–Trinajstić information content (AvgIpc) is 3.07. The monoisotopic (exact) mass is 382 g/mol. The molecule has 5 nitrogen and oxygen atoms in total. The van der Waals surface area contributed by atoms with E-state index >= 15 is 0 Å². The van der Waals surface area contributed by atoms with E-state index in [0.717, 1.165) is 29.0 Å². The zero-order valence-corrected chi connectivity index (χ0v) is 16.9. The third kappa shape index (κ3) is 3.87. The first-order valence-corrected chi connectivity index (χ1v) is 9.91. The maximum atomic E-state index is 13.0. The molecule has 1 unspecified atom stereocenters. The molecule has 6 heteroatoms. The zero-order valence-electron chi connectivity index (χ0n) is 16.1. The van der Waals surface area contributed by atoms with Gasteiger partial charge in [0.2, 0.25) is 0 Å². The van der Waals surface area contributed by atoms with Crippen molar-refractivity contribution < 1.29 is 4.79 Å². The summed E-state index contributed by atoms with van der Waals surface area (Å²) in [7, 11) is 3.51. The van der Waals surface area contributed by atoms with Gasteiger partial charge in [0, 0.05) is 19.7 Å². The van der Waals surface area contributed by atoms with Gasteiger partial charge >= 0.3 is 6.03 Å². The first-order chi connectivity index (χ1) is 13.0. The molecule has 0 aromatic heterocycles. The molecule has 27 heavy (non-hydrogen) atoms. The number of aryl methyl sites for hydroxylation is 1. The standard InChI is InChI=1S/C21H26N4OS/c1-16-9-7-10-17(15-16)19-23-25(20(26)24(2)3)21(27-19,13-8-14-22)18-11-5-4-6-12-18/h4-7,9-12,15H,8,13-14,22H2,1-3H3. The number of hydrogen-bond donors (Lipinski definition) is 1. The molecule has 0 saturated heterocycles. The highest BCUT2D eigenvalue weighted by molar-refractivity contribution is 8.15. The normalized spacial score (nSPS) is 19.1. The number of carbonyl (C=O) groups is 1. The zero-order chi connectivity index (χ0) is 19.4. The molecule has 2 aromatic carbocycles. The van der Waals surface area contributed by atoms with E-state index in [4.69, 9.17) is 10.8 Å². The van der Waals surface area contributed by atoms with Gasteiger partial charge in [-0.2, -0.15) is 10.1 Å². The Morgan fingerprint density at radius 3 is 2.56 bits per heavy atom. The predicted octanol–water partition coefficient (Wildman–Crippen LogP) is 3.98. The first-order valence-electron chi connectivity index (χ1n) is 9.10. The second-order valence-corrected chi connectivity index (χ2v) is 8.17. The fourth-order valence-corrected chi connectivity index (χ4v) is 4.59. The molecule has 0 spiro atoms. The Labute approximate surface area is 165 Å². The van der Waals surface area contributed by atoms with Crippen molar-refractivity contribution in [1.29, 1.82) is 0 Å². The van der Waals surface area contributed by atoms with Gasteiger partial charge in [0.05, 0.1) is 0 Å². The third-order valence-electron chi connectivity index (χ3n) is 4.57. The minimum absolute atomic E-state index is 0.133. The maximum Gasteiger partial charge on any atom is 0.341 e. The van der Waals surface area contributed by atoms with Crippen LogP contribution in [-0.4, -0.2) is 41.6 Å². The van der Waals surface area contributed by atoms with Gasteiger partial charge in [-0.25, -0.2) is 4.79 Å². The number of nitrogens with two attached hydrogens (primary N) is 1. The Hall–Kier alpha value is -2.31. The summed E-state index contributed by atoms with van der Waals surface area (Å²) in [4.78, 5) is 14.0. The summed E-state index contributed by atoms with van der Waals surface area (Å²) in [6.07, 6.45) is 1.53. The van der Waals surface area contributed by atoms with Crippen LogP contribution in [0.1, 0.15) is 29.5 Å². The van der Waals surface area contributed by atoms with Crippen LogP contribution >= 0.6 is 11.8 Å². The van der Waals surface area contributed by atoms with Crippen LogP contribution in [-0.2, 0) is 4.87 Å². The van der Waals surface area contributed by atoms with E-state index in [-0.39, 0.29) is 6.03 Å². The van der Waals surface area contributed by atoms with Crippen molar-refractivity contribution in [3.05, 3.63) is 71.3 Å². The van der Waals surface area contributed by atoms with E-state index < -0.39 is 4.87 Å². The Kier molecular flexibility index (Phi) is 5.87. The van der Waals surface area contributed by atoms with Gasteiger partial charge < -0.3 is 10.6 Å². The minimum atomic E-state index is -0.596. The number of urea groups is 1. The average molecular weight is 383 g/mol. The van der Waals surface area contributed by atoms with E-state index in [1.54, 1.807) is 35.8 Å². The largest absolute Gasteiger partial charge is 0.341 e. The van der Waals surface area contributed by atoms with Gasteiger partial charge in [0.15, 0.2) is 0 Å². The van der Waals surface area contributed by atoms with Crippen molar-refractivity contribution >= 4 is 22.8 Å². The second kappa shape index (κ2) is 8.15. The first kappa shape index (κ1) is 19.5. The van der Waals surface area contributed by atoms with Crippen LogP contribution in [0.5, 0.6) is 0 Å². The molecule has 3 rings (SSSR count). The molecule has 1 atom stereocenters. The molecule has 0 fully saturated rings. The molecule has 1 aliphatic rings. The lowest BCUT2D eigenvalue weighted by molar-refractivity contribution is 0.138. The smallest absolute Gasteiger partial charge is 0.330 e. The van der Waals surface area contributed by atoms with Gasteiger partial charge in [0.25, 0.3) is 0 Å². The van der Waals surface area contributed by atoms with E-state index in [1.807, 2.05) is 30.3 Å². The second-order valence-electron chi connectivity index (χ2n) is 6.91. The van der Waals surface area contributed by atoms with Gasteiger partial charge in [0.1, 0.15) is 9.91 Å². The van der Waals surface area contributed by atoms with Crippen molar-refractivity contribution in [2.45, 2.75) is 24.6 Å². The summed E-state index contributed by atoms with van der Waals surface area (Å²) in [5, 5.41) is 7.28. The molecular formula is C21H26N4OS. The Bertz CT molecular complexity index is 837. The molecule has 1 aliphatic heterocycles. The van der Waals surface area contributed by atoms with Crippen LogP contribution in [0.15, 0.2) is 59.7 Å². The van der Waals surface area contributed by atoms with Gasteiger partial charge in [-0.3, -0.25) is 0 Å². The van der Waals surface area contributed by atoms with E-state index in [0.29, 0.717) is 6.54 Å². The summed E-state index contributed by atoms with van der Waals surface area (Å²) >= 11 is 1.64. The lowest BCUT2D eigenvalue weighted by atomic mass is 10.0. The van der Waals surface area contributed by atoms with Crippen LogP contribution in [0.4, 0.5) is 4.79 Å². The Morgan fingerprint density at radius 2 is 1.93 bits per heavy atom. The highest BCUT2D eigenvalue weighted by Gasteiger charge is 2.48. The molecule has 2 N–H and O–H groups in total. The molecule has 2 amide bonds. The molecule has 1 heterocycles. The summed E-state index contributed by atoms with van der Waals surface area (Å²) in [5.41, 5.74) is 9.09. The van der Waals surface area contributed by atoms with Crippen LogP contribution in [0, 0.1) is 6.92 Å². The number of hydrogen-bond acceptors (Lipinski definition) is 4. The number of nitrogens with zero attached hydrogens (tertiary/aromatic N) is 3. The molecule has 2 aromatic rings.